The molecule has 0 radical (unpaired) electrons. The van der Waals surface area contributed by atoms with Gasteiger partial charge in [-0.3, -0.25) is 4.99 Å². The summed E-state index contributed by atoms with van der Waals surface area (Å²) < 4.78 is 0. The van der Waals surface area contributed by atoms with Crippen LogP contribution in [-0.4, -0.2) is 20.0 Å². The molecule has 2 nitrogen and oxygen atoms in total. The third-order valence-corrected chi connectivity index (χ3v) is 7.32. The van der Waals surface area contributed by atoms with Gasteiger partial charge in [0.2, 0.25) is 0 Å². The Morgan fingerprint density at radius 3 is 1.92 bits per heavy atom. The first-order chi connectivity index (χ1) is 18.5. The summed E-state index contributed by atoms with van der Waals surface area (Å²) in [5, 5.41) is 0. The number of aliphatic imine (C=N–C) groups is 1. The van der Waals surface area contributed by atoms with Crippen molar-refractivity contribution < 1.29 is 0 Å². The Bertz CT molecular complexity index is 1410. The Morgan fingerprint density at radius 2 is 1.37 bits per heavy atom. The van der Waals surface area contributed by atoms with Crippen molar-refractivity contribution in [3.05, 3.63) is 155 Å². The molecule has 0 saturated heterocycles. The van der Waals surface area contributed by atoms with Gasteiger partial charge in [0.15, 0.2) is 0 Å². The van der Waals surface area contributed by atoms with Gasteiger partial charge in [-0.15, -0.1) is 11.8 Å². The first kappa shape index (κ1) is 28.5. The minimum atomic E-state index is 0.831. The van der Waals surface area contributed by atoms with Crippen LogP contribution in [0.1, 0.15) is 30.5 Å². The van der Waals surface area contributed by atoms with Crippen LogP contribution in [0.25, 0.3) is 17.0 Å². The normalized spacial score (nSPS) is 13.3. The summed E-state index contributed by atoms with van der Waals surface area (Å²) >= 11 is 1.74. The molecule has 0 atom stereocenters. The van der Waals surface area contributed by atoms with Gasteiger partial charge in [0.25, 0.3) is 0 Å². The number of hydrogen-bond acceptors (Lipinski definition) is 3. The van der Waals surface area contributed by atoms with Crippen LogP contribution in [-0.2, 0) is 0 Å². The van der Waals surface area contributed by atoms with Gasteiger partial charge in [-0.1, -0.05) is 110 Å². The molecule has 0 bridgehead atoms. The predicted molar refractivity (Wildman–Crippen MR) is 172 cm³/mol. The largest absolute Gasteiger partial charge is 0.342 e. The molecule has 0 aliphatic heterocycles. The highest BCUT2D eigenvalue weighted by atomic mass is 32.2. The smallest absolute Gasteiger partial charge is 0.0937 e. The SMILES string of the molecule is C=C\C=C(/C(SC)=C(C)/C(C)=C/C=C)c1cccc(N(C)/C(=C(\N=C)c2ccccc2)c2ccccc2)c1. The Hall–Kier alpha value is -4.08. The van der Waals surface area contributed by atoms with E-state index in [2.05, 4.69) is 112 Å². The average Bonchev–Trinajstić information content (AvgIpc) is 2.96. The van der Waals surface area contributed by atoms with Crippen molar-refractivity contribution in [2.45, 2.75) is 13.8 Å². The third-order valence-electron chi connectivity index (χ3n) is 6.39. The Labute approximate surface area is 232 Å². The van der Waals surface area contributed by atoms with Gasteiger partial charge in [0.1, 0.15) is 0 Å². The number of benzene rings is 3. The minimum Gasteiger partial charge on any atom is -0.342 e. The lowest BCUT2D eigenvalue weighted by Crippen LogP contribution is -2.17. The molecule has 0 N–H and O–H groups in total. The molecule has 0 saturated carbocycles. The molecule has 3 rings (SSSR count). The fourth-order valence-electron chi connectivity index (χ4n) is 4.36. The first-order valence-corrected chi connectivity index (χ1v) is 13.7. The van der Waals surface area contributed by atoms with Crippen molar-refractivity contribution in [2.75, 3.05) is 18.2 Å². The zero-order valence-electron chi connectivity index (χ0n) is 22.8. The van der Waals surface area contributed by atoms with Crippen molar-refractivity contribution in [2.24, 2.45) is 4.99 Å². The molecule has 0 fully saturated rings. The number of allylic oxidation sites excluding steroid dienone is 7. The number of hydrogen-bond donors (Lipinski definition) is 0. The van der Waals surface area contributed by atoms with Crippen molar-refractivity contribution >= 4 is 41.1 Å². The molecule has 0 amide bonds. The van der Waals surface area contributed by atoms with Crippen LogP contribution in [0.15, 0.2) is 143 Å². The van der Waals surface area contributed by atoms with Crippen LogP contribution in [0.3, 0.4) is 0 Å². The molecule has 0 aromatic heterocycles. The van der Waals surface area contributed by atoms with Gasteiger partial charge in [0.05, 0.1) is 11.4 Å². The Balaban J connectivity index is 2.22. The molecule has 0 spiro atoms. The van der Waals surface area contributed by atoms with E-state index in [1.807, 2.05) is 54.6 Å². The van der Waals surface area contributed by atoms with Crippen LogP contribution in [0.5, 0.6) is 0 Å². The first-order valence-electron chi connectivity index (χ1n) is 12.5. The third kappa shape index (κ3) is 6.62. The standard InChI is InChI=1S/C35H36N2S/c1-8-17-26(3)27(4)35(38-7)32(18-9-2)30-23-16-24-31(25-30)37(6)34(29-21-14-11-15-22-29)33(36-5)28-19-12-10-13-20-28/h8-25H,1-2,5H2,3-4,6-7H3/b26-17+,32-18-,34-33-,35-27-. The summed E-state index contributed by atoms with van der Waals surface area (Å²) in [6.07, 6.45) is 9.94. The Kier molecular flexibility index (Phi) is 10.5. The number of thioether (sulfide) groups is 1. The van der Waals surface area contributed by atoms with Crippen molar-refractivity contribution in [1.29, 1.82) is 0 Å². The summed E-state index contributed by atoms with van der Waals surface area (Å²) in [4.78, 5) is 7.91. The second-order valence-electron chi connectivity index (χ2n) is 8.76. The second kappa shape index (κ2) is 14.0. The quantitative estimate of drug-likeness (QED) is 0.143. The number of anilines is 1. The van der Waals surface area contributed by atoms with Gasteiger partial charge in [-0.2, -0.15) is 0 Å². The summed E-state index contributed by atoms with van der Waals surface area (Å²) in [6.45, 7) is 16.1. The van der Waals surface area contributed by atoms with E-state index < -0.39 is 0 Å². The molecule has 38 heavy (non-hydrogen) atoms. The van der Waals surface area contributed by atoms with E-state index in [-0.39, 0.29) is 0 Å². The van der Waals surface area contributed by atoms with Crippen LogP contribution < -0.4 is 4.90 Å². The molecular formula is C35H36N2S. The van der Waals surface area contributed by atoms with Crippen LogP contribution in [0.2, 0.25) is 0 Å². The zero-order chi connectivity index (χ0) is 27.5. The molecule has 0 aliphatic carbocycles. The van der Waals surface area contributed by atoms with Crippen LogP contribution >= 0.6 is 11.8 Å². The highest BCUT2D eigenvalue weighted by Crippen LogP contribution is 2.38. The van der Waals surface area contributed by atoms with E-state index in [0.717, 1.165) is 39.3 Å². The molecule has 3 aromatic carbocycles. The van der Waals surface area contributed by atoms with E-state index in [0.29, 0.717) is 0 Å². The van der Waals surface area contributed by atoms with E-state index >= 15 is 0 Å². The van der Waals surface area contributed by atoms with Gasteiger partial charge in [-0.25, -0.2) is 0 Å². The maximum Gasteiger partial charge on any atom is 0.0937 e. The predicted octanol–water partition coefficient (Wildman–Crippen LogP) is 9.69. The Morgan fingerprint density at radius 1 is 0.789 bits per heavy atom. The van der Waals surface area contributed by atoms with E-state index in [1.165, 1.54) is 16.1 Å². The summed E-state index contributed by atoms with van der Waals surface area (Å²) in [5.74, 6) is 0. The molecule has 3 heteroatoms. The zero-order valence-corrected chi connectivity index (χ0v) is 23.6. The number of rotatable bonds is 11. The van der Waals surface area contributed by atoms with E-state index in [4.69, 9.17) is 0 Å². The molecular weight excluding hydrogens is 480 g/mol. The molecule has 0 aliphatic rings. The van der Waals surface area contributed by atoms with Crippen molar-refractivity contribution in [3.8, 4) is 0 Å². The molecule has 0 heterocycles. The second-order valence-corrected chi connectivity index (χ2v) is 9.57. The summed E-state index contributed by atoms with van der Waals surface area (Å²) in [7, 11) is 2.08. The highest BCUT2D eigenvalue weighted by molar-refractivity contribution is 8.03. The lowest BCUT2D eigenvalue weighted by Gasteiger charge is -2.26. The molecule has 192 valence electrons. The fraction of sp³-hybridized carbons (Fsp3) is 0.114. The maximum absolute atomic E-state index is 4.51. The van der Waals surface area contributed by atoms with E-state index in [1.54, 1.807) is 11.8 Å². The monoisotopic (exact) mass is 516 g/mol. The van der Waals surface area contributed by atoms with Crippen molar-refractivity contribution in [3.63, 3.8) is 0 Å². The highest BCUT2D eigenvalue weighted by Gasteiger charge is 2.18. The minimum absolute atomic E-state index is 0.831. The molecule has 0 unspecified atom stereocenters. The van der Waals surface area contributed by atoms with Gasteiger partial charge in [-0.05, 0) is 61.2 Å². The van der Waals surface area contributed by atoms with Crippen LogP contribution in [0.4, 0.5) is 5.69 Å². The lowest BCUT2D eigenvalue weighted by molar-refractivity contribution is 1.21. The van der Waals surface area contributed by atoms with E-state index in [9.17, 15) is 0 Å². The molecule has 3 aromatic rings. The topological polar surface area (TPSA) is 15.6 Å². The number of nitrogens with zero attached hydrogens (tertiary/aromatic N) is 2. The lowest BCUT2D eigenvalue weighted by atomic mass is 9.98. The average molecular weight is 517 g/mol. The van der Waals surface area contributed by atoms with Crippen LogP contribution in [0, 0.1) is 0 Å². The fourth-order valence-corrected chi connectivity index (χ4v) is 5.24. The van der Waals surface area contributed by atoms with Gasteiger partial charge < -0.3 is 4.90 Å². The summed E-state index contributed by atoms with van der Waals surface area (Å²) in [5.41, 5.74) is 9.60. The maximum atomic E-state index is 4.51. The van der Waals surface area contributed by atoms with Gasteiger partial charge in [0, 0.05) is 28.8 Å². The van der Waals surface area contributed by atoms with Gasteiger partial charge >= 0.3 is 0 Å². The van der Waals surface area contributed by atoms with Crippen molar-refractivity contribution in [1.82, 2.24) is 0 Å². The summed E-state index contributed by atoms with van der Waals surface area (Å²) in [6, 6.07) is 29.1.